The lowest BCUT2D eigenvalue weighted by molar-refractivity contribution is -0.133. The van der Waals surface area contributed by atoms with E-state index in [1.807, 2.05) is 40.1 Å². The second kappa shape index (κ2) is 9.70. The zero-order valence-corrected chi connectivity index (χ0v) is 17.2. The van der Waals surface area contributed by atoms with E-state index in [0.29, 0.717) is 32.7 Å². The smallest absolute Gasteiger partial charge is 0.237 e. The predicted molar refractivity (Wildman–Crippen MR) is 119 cm³/mol. The number of hydrogen-bond acceptors (Lipinski definition) is 3. The average Bonchev–Trinajstić information content (AvgIpc) is 2.79. The quantitative estimate of drug-likeness (QED) is 0.658. The van der Waals surface area contributed by atoms with Gasteiger partial charge in [-0.05, 0) is 22.3 Å². The molecule has 1 N–H and O–H groups in total. The molecule has 0 fully saturated rings. The van der Waals surface area contributed by atoms with Crippen molar-refractivity contribution in [2.75, 3.05) is 26.2 Å². The number of nitrogens with zero attached hydrogens (tertiary/aromatic N) is 2. The Hall–Kier alpha value is -2.95. The van der Waals surface area contributed by atoms with E-state index in [0.717, 1.165) is 5.56 Å². The molecule has 0 saturated carbocycles. The highest BCUT2D eigenvalue weighted by molar-refractivity contribution is 5.79. The number of aliphatic hydroxyl groups is 1. The predicted octanol–water partition coefficient (Wildman–Crippen LogP) is 3.66. The van der Waals surface area contributed by atoms with E-state index in [-0.39, 0.29) is 18.4 Å². The van der Waals surface area contributed by atoms with Gasteiger partial charge in [0.15, 0.2) is 0 Å². The minimum atomic E-state index is 0.0373. The van der Waals surface area contributed by atoms with Gasteiger partial charge in [-0.25, -0.2) is 0 Å². The van der Waals surface area contributed by atoms with Crippen LogP contribution in [-0.4, -0.2) is 47.1 Å². The number of rotatable bonds is 7. The molecule has 1 heterocycles. The van der Waals surface area contributed by atoms with Gasteiger partial charge in [0, 0.05) is 32.1 Å². The van der Waals surface area contributed by atoms with Crippen LogP contribution in [0.4, 0.5) is 0 Å². The molecule has 0 spiro atoms. The van der Waals surface area contributed by atoms with Gasteiger partial charge in [0.05, 0.1) is 13.2 Å². The summed E-state index contributed by atoms with van der Waals surface area (Å²) in [6.07, 6.45) is 0. The molecular weight excluding hydrogens is 372 g/mol. The second-order valence-electron chi connectivity index (χ2n) is 7.86. The van der Waals surface area contributed by atoms with Crippen LogP contribution >= 0.6 is 0 Å². The Morgan fingerprint density at radius 3 is 2.33 bits per heavy atom. The molecule has 4 nitrogen and oxygen atoms in total. The van der Waals surface area contributed by atoms with Crippen LogP contribution in [0.25, 0.3) is 0 Å². The van der Waals surface area contributed by atoms with Gasteiger partial charge in [0.25, 0.3) is 0 Å². The van der Waals surface area contributed by atoms with E-state index in [1.54, 1.807) is 0 Å². The van der Waals surface area contributed by atoms with Gasteiger partial charge >= 0.3 is 0 Å². The summed E-state index contributed by atoms with van der Waals surface area (Å²) in [5.74, 6) is 0.287. The maximum Gasteiger partial charge on any atom is 0.237 e. The van der Waals surface area contributed by atoms with Crippen LogP contribution in [0.3, 0.4) is 0 Å². The molecule has 0 aromatic heterocycles. The van der Waals surface area contributed by atoms with E-state index in [2.05, 4.69) is 54.6 Å². The van der Waals surface area contributed by atoms with E-state index >= 15 is 0 Å². The molecule has 0 radical (unpaired) electrons. The van der Waals surface area contributed by atoms with Crippen molar-refractivity contribution < 1.29 is 9.90 Å². The number of amides is 1. The van der Waals surface area contributed by atoms with Crippen molar-refractivity contribution in [3.05, 3.63) is 107 Å². The van der Waals surface area contributed by atoms with Crippen molar-refractivity contribution in [1.29, 1.82) is 0 Å². The number of carbonyl (C=O) groups is 1. The van der Waals surface area contributed by atoms with Crippen LogP contribution in [0.2, 0.25) is 0 Å². The molecule has 30 heavy (non-hydrogen) atoms. The summed E-state index contributed by atoms with van der Waals surface area (Å²) in [6, 6.07) is 28.9. The van der Waals surface area contributed by atoms with Gasteiger partial charge < -0.3 is 10.0 Å². The Balaban J connectivity index is 1.52. The van der Waals surface area contributed by atoms with Crippen LogP contribution in [0.5, 0.6) is 0 Å². The van der Waals surface area contributed by atoms with Crippen molar-refractivity contribution in [2.24, 2.45) is 0 Å². The van der Waals surface area contributed by atoms with E-state index in [1.165, 1.54) is 16.7 Å². The second-order valence-corrected chi connectivity index (χ2v) is 7.86. The molecule has 1 atom stereocenters. The first kappa shape index (κ1) is 20.3. The number of aliphatic hydroxyl groups excluding tert-OH is 1. The Morgan fingerprint density at radius 2 is 1.60 bits per heavy atom. The Morgan fingerprint density at radius 1 is 0.933 bits per heavy atom. The fraction of sp³-hybridized carbons (Fsp3) is 0.269. The van der Waals surface area contributed by atoms with Gasteiger partial charge in [-0.2, -0.15) is 0 Å². The third kappa shape index (κ3) is 4.78. The summed E-state index contributed by atoms with van der Waals surface area (Å²) in [7, 11) is 0. The van der Waals surface area contributed by atoms with Crippen LogP contribution in [-0.2, 0) is 17.9 Å². The minimum absolute atomic E-state index is 0.0373. The molecule has 0 saturated heterocycles. The number of carbonyl (C=O) groups excluding carboxylic acids is 1. The molecule has 3 aromatic rings. The third-order valence-electron chi connectivity index (χ3n) is 5.77. The molecule has 1 aliphatic rings. The summed E-state index contributed by atoms with van der Waals surface area (Å²) in [5.41, 5.74) is 4.90. The Kier molecular flexibility index (Phi) is 6.57. The SMILES string of the molecule is O=C(CN(CCO)Cc1ccccc1)N1Cc2ccccc2C(c2ccccc2)C1. The lowest BCUT2D eigenvalue weighted by Gasteiger charge is -2.36. The molecule has 4 rings (SSSR count). The molecule has 1 unspecified atom stereocenters. The fourth-order valence-electron chi connectivity index (χ4n) is 4.26. The van der Waals surface area contributed by atoms with Gasteiger partial charge in [-0.1, -0.05) is 84.9 Å². The zero-order valence-electron chi connectivity index (χ0n) is 17.2. The lowest BCUT2D eigenvalue weighted by Crippen LogP contribution is -2.44. The highest BCUT2D eigenvalue weighted by Crippen LogP contribution is 2.33. The van der Waals surface area contributed by atoms with Crippen LogP contribution in [0.15, 0.2) is 84.9 Å². The van der Waals surface area contributed by atoms with E-state index < -0.39 is 0 Å². The molecule has 0 aliphatic carbocycles. The zero-order chi connectivity index (χ0) is 20.8. The summed E-state index contributed by atoms with van der Waals surface area (Å²) >= 11 is 0. The highest BCUT2D eigenvalue weighted by atomic mass is 16.3. The molecular formula is C26H28N2O2. The summed E-state index contributed by atoms with van der Waals surface area (Å²) in [6.45, 7) is 2.79. The third-order valence-corrected chi connectivity index (χ3v) is 5.77. The molecule has 0 bridgehead atoms. The van der Waals surface area contributed by atoms with Crippen LogP contribution in [0.1, 0.15) is 28.2 Å². The first-order valence-electron chi connectivity index (χ1n) is 10.5. The number of fused-ring (bicyclic) bond motifs is 1. The van der Waals surface area contributed by atoms with Gasteiger partial charge in [-0.3, -0.25) is 9.69 Å². The average molecular weight is 401 g/mol. The first-order chi connectivity index (χ1) is 14.7. The maximum absolute atomic E-state index is 13.3. The summed E-state index contributed by atoms with van der Waals surface area (Å²) in [4.78, 5) is 17.3. The van der Waals surface area contributed by atoms with Gasteiger partial charge in [0.1, 0.15) is 0 Å². The Labute approximate surface area is 178 Å². The fourth-order valence-corrected chi connectivity index (χ4v) is 4.26. The largest absolute Gasteiger partial charge is 0.395 e. The number of hydrogen-bond donors (Lipinski definition) is 1. The van der Waals surface area contributed by atoms with Crippen molar-refractivity contribution in [1.82, 2.24) is 9.80 Å². The van der Waals surface area contributed by atoms with Gasteiger partial charge in [0.2, 0.25) is 5.91 Å². The Bertz CT molecular complexity index is 959. The topological polar surface area (TPSA) is 43.8 Å². The molecule has 1 aliphatic heterocycles. The molecule has 3 aromatic carbocycles. The summed E-state index contributed by atoms with van der Waals surface area (Å²) in [5, 5.41) is 9.49. The minimum Gasteiger partial charge on any atom is -0.395 e. The van der Waals surface area contributed by atoms with Crippen LogP contribution in [0, 0.1) is 0 Å². The number of benzene rings is 3. The summed E-state index contributed by atoms with van der Waals surface area (Å²) < 4.78 is 0. The normalized spacial score (nSPS) is 15.8. The van der Waals surface area contributed by atoms with Crippen LogP contribution < -0.4 is 0 Å². The van der Waals surface area contributed by atoms with Crippen molar-refractivity contribution >= 4 is 5.91 Å². The van der Waals surface area contributed by atoms with Crippen molar-refractivity contribution in [2.45, 2.75) is 19.0 Å². The highest BCUT2D eigenvalue weighted by Gasteiger charge is 2.29. The molecule has 1 amide bonds. The monoisotopic (exact) mass is 400 g/mol. The maximum atomic E-state index is 13.3. The molecule has 4 heteroatoms. The van der Waals surface area contributed by atoms with Crippen molar-refractivity contribution in [3.63, 3.8) is 0 Å². The lowest BCUT2D eigenvalue weighted by atomic mass is 9.84. The van der Waals surface area contributed by atoms with E-state index in [4.69, 9.17) is 0 Å². The first-order valence-corrected chi connectivity index (χ1v) is 10.5. The van der Waals surface area contributed by atoms with Gasteiger partial charge in [-0.15, -0.1) is 0 Å². The molecule has 154 valence electrons. The van der Waals surface area contributed by atoms with Crippen molar-refractivity contribution in [3.8, 4) is 0 Å². The van der Waals surface area contributed by atoms with E-state index in [9.17, 15) is 9.90 Å². The standard InChI is InChI=1S/C26H28N2O2/c29-16-15-27(17-21-9-3-1-4-10-21)20-26(30)28-18-23-13-7-8-14-24(23)25(19-28)22-11-5-2-6-12-22/h1-14,25,29H,15-20H2.